The molecule has 2 aromatic carbocycles. The highest BCUT2D eigenvalue weighted by Gasteiger charge is 2.16. The molecule has 0 aliphatic rings. The lowest BCUT2D eigenvalue weighted by Gasteiger charge is -2.17. The summed E-state index contributed by atoms with van der Waals surface area (Å²) < 4.78 is 19.2. The Kier molecular flexibility index (Phi) is 5.15. The van der Waals surface area contributed by atoms with Gasteiger partial charge in [0.05, 0.1) is 0 Å². The van der Waals surface area contributed by atoms with Crippen LogP contribution in [0.4, 0.5) is 4.39 Å². The summed E-state index contributed by atoms with van der Waals surface area (Å²) >= 11 is 0. The van der Waals surface area contributed by atoms with E-state index < -0.39 is 6.10 Å². The molecule has 0 saturated carbocycles. The molecule has 1 N–H and O–H groups in total. The van der Waals surface area contributed by atoms with Gasteiger partial charge in [0.25, 0.3) is 5.91 Å². The standard InChI is InChI=1S/C18H20FNO2/c1-12-8-9-13(2)17(10-12)22-14(3)18(21)20-11-15-6-4-5-7-16(15)19/h4-10,14H,11H2,1-3H3,(H,20,21). The van der Waals surface area contributed by atoms with E-state index in [1.54, 1.807) is 25.1 Å². The minimum Gasteiger partial charge on any atom is -0.481 e. The number of hydrogen-bond acceptors (Lipinski definition) is 2. The average Bonchev–Trinajstić information content (AvgIpc) is 2.49. The second-order valence-electron chi connectivity index (χ2n) is 5.34. The van der Waals surface area contributed by atoms with E-state index in [2.05, 4.69) is 5.32 Å². The zero-order valence-corrected chi connectivity index (χ0v) is 13.0. The summed E-state index contributed by atoms with van der Waals surface area (Å²) in [5.41, 5.74) is 2.49. The van der Waals surface area contributed by atoms with Crippen LogP contribution >= 0.6 is 0 Å². The van der Waals surface area contributed by atoms with Gasteiger partial charge in [0.15, 0.2) is 6.10 Å². The number of aryl methyl sites for hydroxylation is 2. The molecule has 0 aromatic heterocycles. The van der Waals surface area contributed by atoms with Gasteiger partial charge < -0.3 is 10.1 Å². The number of rotatable bonds is 5. The first-order valence-electron chi connectivity index (χ1n) is 7.22. The van der Waals surface area contributed by atoms with Crippen LogP contribution in [0.1, 0.15) is 23.6 Å². The third-order valence-corrected chi connectivity index (χ3v) is 3.43. The van der Waals surface area contributed by atoms with E-state index in [0.29, 0.717) is 11.3 Å². The van der Waals surface area contributed by atoms with Crippen molar-refractivity contribution in [3.8, 4) is 5.75 Å². The van der Waals surface area contributed by atoms with Crippen molar-refractivity contribution in [2.45, 2.75) is 33.4 Å². The van der Waals surface area contributed by atoms with Crippen LogP contribution in [-0.4, -0.2) is 12.0 Å². The summed E-state index contributed by atoms with van der Waals surface area (Å²) in [5, 5.41) is 2.69. The SMILES string of the molecule is Cc1ccc(C)c(OC(C)C(=O)NCc2ccccc2F)c1. The molecular formula is C18H20FNO2. The van der Waals surface area contributed by atoms with Crippen molar-refractivity contribution in [3.63, 3.8) is 0 Å². The molecule has 4 heteroatoms. The molecule has 1 unspecified atom stereocenters. The highest BCUT2D eigenvalue weighted by Crippen LogP contribution is 2.20. The van der Waals surface area contributed by atoms with Crippen LogP contribution < -0.4 is 10.1 Å². The van der Waals surface area contributed by atoms with Crippen LogP contribution in [-0.2, 0) is 11.3 Å². The summed E-state index contributed by atoms with van der Waals surface area (Å²) in [6.45, 7) is 5.72. The molecule has 0 saturated heterocycles. The van der Waals surface area contributed by atoms with Gasteiger partial charge in [0.2, 0.25) is 0 Å². The third-order valence-electron chi connectivity index (χ3n) is 3.43. The molecule has 3 nitrogen and oxygen atoms in total. The van der Waals surface area contributed by atoms with Gasteiger partial charge in [-0.05, 0) is 44.0 Å². The van der Waals surface area contributed by atoms with Crippen LogP contribution in [0.5, 0.6) is 5.75 Å². The zero-order valence-electron chi connectivity index (χ0n) is 13.0. The number of nitrogens with one attached hydrogen (secondary N) is 1. The van der Waals surface area contributed by atoms with Crippen LogP contribution in [0.3, 0.4) is 0 Å². The Balaban J connectivity index is 1.95. The Bertz CT molecular complexity index is 670. The van der Waals surface area contributed by atoms with Crippen molar-refractivity contribution >= 4 is 5.91 Å². The second kappa shape index (κ2) is 7.07. The monoisotopic (exact) mass is 301 g/mol. The van der Waals surface area contributed by atoms with Crippen molar-refractivity contribution in [1.29, 1.82) is 0 Å². The number of hydrogen-bond donors (Lipinski definition) is 1. The molecule has 0 fully saturated rings. The lowest BCUT2D eigenvalue weighted by Crippen LogP contribution is -2.36. The maximum absolute atomic E-state index is 13.5. The number of carbonyl (C=O) groups is 1. The predicted octanol–water partition coefficient (Wildman–Crippen LogP) is 3.53. The lowest BCUT2D eigenvalue weighted by molar-refractivity contribution is -0.127. The first kappa shape index (κ1) is 16.0. The van der Waals surface area contributed by atoms with Crippen molar-refractivity contribution in [1.82, 2.24) is 5.32 Å². The van der Waals surface area contributed by atoms with Gasteiger partial charge in [-0.25, -0.2) is 4.39 Å². The molecule has 0 spiro atoms. The first-order valence-corrected chi connectivity index (χ1v) is 7.22. The summed E-state index contributed by atoms with van der Waals surface area (Å²) in [6.07, 6.45) is -0.646. The minimum atomic E-state index is -0.646. The number of halogens is 1. The van der Waals surface area contributed by atoms with Gasteiger partial charge in [-0.1, -0.05) is 30.3 Å². The fourth-order valence-electron chi connectivity index (χ4n) is 2.05. The van der Waals surface area contributed by atoms with Gasteiger partial charge in [-0.3, -0.25) is 4.79 Å². The molecule has 2 rings (SSSR count). The Morgan fingerprint density at radius 1 is 1.23 bits per heavy atom. The van der Waals surface area contributed by atoms with Crippen molar-refractivity contribution in [3.05, 3.63) is 65.0 Å². The highest BCUT2D eigenvalue weighted by molar-refractivity contribution is 5.80. The number of amides is 1. The molecule has 1 amide bonds. The third kappa shape index (κ3) is 4.07. The topological polar surface area (TPSA) is 38.3 Å². The number of ether oxygens (including phenoxy) is 1. The van der Waals surface area contributed by atoms with E-state index in [9.17, 15) is 9.18 Å². The van der Waals surface area contributed by atoms with E-state index >= 15 is 0 Å². The minimum absolute atomic E-state index is 0.145. The fourth-order valence-corrected chi connectivity index (χ4v) is 2.05. The molecule has 22 heavy (non-hydrogen) atoms. The van der Waals surface area contributed by atoms with Crippen molar-refractivity contribution in [2.24, 2.45) is 0 Å². The lowest BCUT2D eigenvalue weighted by atomic mass is 10.1. The zero-order chi connectivity index (χ0) is 16.1. The molecule has 2 aromatic rings. The Morgan fingerprint density at radius 2 is 1.95 bits per heavy atom. The molecule has 116 valence electrons. The normalized spacial score (nSPS) is 11.8. The van der Waals surface area contributed by atoms with E-state index in [0.717, 1.165) is 11.1 Å². The summed E-state index contributed by atoms with van der Waals surface area (Å²) in [6, 6.07) is 12.2. The molecule has 0 heterocycles. The van der Waals surface area contributed by atoms with E-state index in [-0.39, 0.29) is 18.3 Å². The summed E-state index contributed by atoms with van der Waals surface area (Å²) in [5.74, 6) is 0.0867. The van der Waals surface area contributed by atoms with Gasteiger partial charge in [0.1, 0.15) is 11.6 Å². The van der Waals surface area contributed by atoms with Crippen molar-refractivity contribution in [2.75, 3.05) is 0 Å². The van der Waals surface area contributed by atoms with Crippen LogP contribution in [0.15, 0.2) is 42.5 Å². The van der Waals surface area contributed by atoms with Gasteiger partial charge in [-0.2, -0.15) is 0 Å². The average molecular weight is 301 g/mol. The summed E-state index contributed by atoms with van der Waals surface area (Å²) in [7, 11) is 0. The highest BCUT2D eigenvalue weighted by atomic mass is 19.1. The van der Waals surface area contributed by atoms with Crippen LogP contribution in [0.2, 0.25) is 0 Å². The molecule has 0 aliphatic heterocycles. The van der Waals surface area contributed by atoms with Gasteiger partial charge in [0, 0.05) is 12.1 Å². The quantitative estimate of drug-likeness (QED) is 0.917. The maximum atomic E-state index is 13.5. The van der Waals surface area contributed by atoms with E-state index in [4.69, 9.17) is 4.74 Å². The smallest absolute Gasteiger partial charge is 0.261 e. The maximum Gasteiger partial charge on any atom is 0.261 e. The second-order valence-corrected chi connectivity index (χ2v) is 5.34. The van der Waals surface area contributed by atoms with Crippen LogP contribution in [0.25, 0.3) is 0 Å². The van der Waals surface area contributed by atoms with Crippen molar-refractivity contribution < 1.29 is 13.9 Å². The number of carbonyl (C=O) groups excluding carboxylic acids is 1. The molecule has 0 bridgehead atoms. The predicted molar refractivity (Wildman–Crippen MR) is 84.3 cm³/mol. The largest absolute Gasteiger partial charge is 0.481 e. The fraction of sp³-hybridized carbons (Fsp3) is 0.278. The number of benzene rings is 2. The molecule has 0 aliphatic carbocycles. The molecular weight excluding hydrogens is 281 g/mol. The van der Waals surface area contributed by atoms with E-state index in [1.807, 2.05) is 32.0 Å². The first-order chi connectivity index (χ1) is 10.5. The Hall–Kier alpha value is -2.36. The molecule has 1 atom stereocenters. The summed E-state index contributed by atoms with van der Waals surface area (Å²) in [4.78, 5) is 12.1. The Morgan fingerprint density at radius 3 is 2.68 bits per heavy atom. The molecule has 0 radical (unpaired) electrons. The Labute approximate surface area is 130 Å². The van der Waals surface area contributed by atoms with Gasteiger partial charge in [-0.15, -0.1) is 0 Å². The van der Waals surface area contributed by atoms with E-state index in [1.165, 1.54) is 6.07 Å². The van der Waals surface area contributed by atoms with Crippen LogP contribution in [0, 0.1) is 19.7 Å². The van der Waals surface area contributed by atoms with Gasteiger partial charge >= 0.3 is 0 Å².